The summed E-state index contributed by atoms with van der Waals surface area (Å²) < 4.78 is 5.69. The van der Waals surface area contributed by atoms with Gasteiger partial charge in [-0.2, -0.15) is 0 Å². The van der Waals surface area contributed by atoms with Gasteiger partial charge in [0.25, 0.3) is 5.91 Å². The molecule has 144 valence electrons. The number of hydrogen-bond donors (Lipinski definition) is 1. The Kier molecular flexibility index (Phi) is 7.26. The average molecular weight is 407 g/mol. The molecular weight excluding hydrogens is 384 g/mol. The number of nitrogens with one attached hydrogen (secondary N) is 1. The molecule has 5 nitrogen and oxygen atoms in total. The quantitative estimate of drug-likeness (QED) is 0.726. The molecule has 1 N–H and O–H groups in total. The minimum Gasteiger partial charge on any atom is -0.376 e. The van der Waals surface area contributed by atoms with Crippen molar-refractivity contribution in [3.8, 4) is 0 Å². The molecule has 0 aliphatic carbocycles. The molecule has 0 bridgehead atoms. The summed E-state index contributed by atoms with van der Waals surface area (Å²) in [6, 6.07) is 10.7. The fourth-order valence-corrected chi connectivity index (χ4v) is 3.87. The number of halogens is 1. The van der Waals surface area contributed by atoms with E-state index in [0.717, 1.165) is 24.3 Å². The maximum atomic E-state index is 12.7. The van der Waals surface area contributed by atoms with Gasteiger partial charge in [-0.1, -0.05) is 17.7 Å². The standard InChI is InChI=1S/C20H23ClN2O3S/c21-16-7-5-15(6-8-16)20(25)22-10-9-19(24)23(13-17-3-1-11-26-17)14-18-4-2-12-27-18/h2,4-8,12,17H,1,3,9-11,13-14H2,(H,22,25). The molecule has 2 amide bonds. The van der Waals surface area contributed by atoms with Crippen molar-refractivity contribution >= 4 is 34.8 Å². The van der Waals surface area contributed by atoms with E-state index in [9.17, 15) is 9.59 Å². The molecule has 2 heterocycles. The molecule has 1 fully saturated rings. The summed E-state index contributed by atoms with van der Waals surface area (Å²) >= 11 is 7.47. The lowest BCUT2D eigenvalue weighted by Crippen LogP contribution is -2.38. The van der Waals surface area contributed by atoms with Gasteiger partial charge in [-0.3, -0.25) is 9.59 Å². The summed E-state index contributed by atoms with van der Waals surface area (Å²) in [5.41, 5.74) is 0.529. The van der Waals surface area contributed by atoms with Crippen LogP contribution in [0.4, 0.5) is 0 Å². The number of benzene rings is 1. The Morgan fingerprint density at radius 1 is 1.26 bits per heavy atom. The predicted molar refractivity (Wildman–Crippen MR) is 107 cm³/mol. The molecule has 3 rings (SSSR count). The molecule has 1 aliphatic heterocycles. The summed E-state index contributed by atoms with van der Waals surface area (Å²) in [6.45, 7) is 2.25. The number of amides is 2. The molecule has 1 saturated heterocycles. The predicted octanol–water partition coefficient (Wildman–Crippen LogP) is 3.73. The number of carbonyl (C=O) groups excluding carboxylic acids is 2. The second-order valence-corrected chi connectivity index (χ2v) is 7.97. The monoisotopic (exact) mass is 406 g/mol. The number of thiophene rings is 1. The van der Waals surface area contributed by atoms with Gasteiger partial charge in [0.05, 0.1) is 12.6 Å². The molecule has 1 unspecified atom stereocenters. The van der Waals surface area contributed by atoms with Gasteiger partial charge in [0.1, 0.15) is 0 Å². The molecule has 2 aromatic rings. The Bertz CT molecular complexity index is 743. The molecule has 1 atom stereocenters. The molecule has 1 aromatic carbocycles. The van der Waals surface area contributed by atoms with Gasteiger partial charge in [-0.25, -0.2) is 0 Å². The van der Waals surface area contributed by atoms with E-state index in [-0.39, 0.29) is 24.3 Å². The van der Waals surface area contributed by atoms with Crippen molar-refractivity contribution in [2.45, 2.75) is 31.9 Å². The number of nitrogens with zero attached hydrogens (tertiary/aromatic N) is 1. The van der Waals surface area contributed by atoms with E-state index in [0.29, 0.717) is 30.2 Å². The maximum Gasteiger partial charge on any atom is 0.251 e. The maximum absolute atomic E-state index is 12.7. The highest BCUT2D eigenvalue weighted by Crippen LogP contribution is 2.18. The molecular formula is C20H23ClN2O3S. The van der Waals surface area contributed by atoms with Crippen LogP contribution in [-0.4, -0.2) is 42.5 Å². The van der Waals surface area contributed by atoms with Crippen LogP contribution in [0.15, 0.2) is 41.8 Å². The third-order valence-electron chi connectivity index (χ3n) is 4.46. The first-order valence-electron chi connectivity index (χ1n) is 9.07. The van der Waals surface area contributed by atoms with E-state index in [2.05, 4.69) is 5.32 Å². The number of ether oxygens (including phenoxy) is 1. The Labute approximate surface area is 168 Å². The number of carbonyl (C=O) groups is 2. The lowest BCUT2D eigenvalue weighted by atomic mass is 10.2. The van der Waals surface area contributed by atoms with Crippen molar-refractivity contribution in [1.29, 1.82) is 0 Å². The third-order valence-corrected chi connectivity index (χ3v) is 5.57. The van der Waals surface area contributed by atoms with Crippen LogP contribution >= 0.6 is 22.9 Å². The van der Waals surface area contributed by atoms with Crippen LogP contribution in [0.25, 0.3) is 0 Å². The van der Waals surface area contributed by atoms with Gasteiger partial charge in [0.15, 0.2) is 0 Å². The SMILES string of the molecule is O=C(NCCC(=O)N(Cc1cccs1)CC1CCCO1)c1ccc(Cl)cc1. The van der Waals surface area contributed by atoms with Crippen LogP contribution in [-0.2, 0) is 16.1 Å². The summed E-state index contributed by atoms with van der Waals surface area (Å²) in [7, 11) is 0. The van der Waals surface area contributed by atoms with Crippen molar-refractivity contribution in [1.82, 2.24) is 10.2 Å². The largest absolute Gasteiger partial charge is 0.376 e. The normalized spacial score (nSPS) is 16.3. The number of hydrogen-bond acceptors (Lipinski definition) is 4. The fraction of sp³-hybridized carbons (Fsp3) is 0.400. The van der Waals surface area contributed by atoms with Crippen LogP contribution in [0.2, 0.25) is 5.02 Å². The molecule has 1 aliphatic rings. The summed E-state index contributed by atoms with van der Waals surface area (Å²) in [5, 5.41) is 5.39. The Morgan fingerprint density at radius 3 is 2.74 bits per heavy atom. The zero-order valence-electron chi connectivity index (χ0n) is 15.0. The summed E-state index contributed by atoms with van der Waals surface area (Å²) in [5.74, 6) is -0.182. The van der Waals surface area contributed by atoms with Crippen molar-refractivity contribution < 1.29 is 14.3 Å². The van der Waals surface area contributed by atoms with Gasteiger partial charge in [-0.05, 0) is 48.6 Å². The fourth-order valence-electron chi connectivity index (χ4n) is 3.02. The minimum absolute atomic E-state index is 0.0234. The molecule has 0 saturated carbocycles. The van der Waals surface area contributed by atoms with Gasteiger partial charge in [0.2, 0.25) is 5.91 Å². The second-order valence-electron chi connectivity index (χ2n) is 6.50. The Hall–Kier alpha value is -1.89. The first-order chi connectivity index (χ1) is 13.1. The molecule has 0 spiro atoms. The molecule has 27 heavy (non-hydrogen) atoms. The van der Waals surface area contributed by atoms with Crippen LogP contribution in [0, 0.1) is 0 Å². The van der Waals surface area contributed by atoms with Crippen molar-refractivity contribution in [2.75, 3.05) is 19.7 Å². The van der Waals surface area contributed by atoms with E-state index in [1.54, 1.807) is 35.6 Å². The Morgan fingerprint density at radius 2 is 2.07 bits per heavy atom. The lowest BCUT2D eigenvalue weighted by molar-refractivity contribution is -0.133. The summed E-state index contributed by atoms with van der Waals surface area (Å²) in [6.07, 6.45) is 2.40. The van der Waals surface area contributed by atoms with Gasteiger partial charge in [0, 0.05) is 41.6 Å². The molecule has 1 aromatic heterocycles. The average Bonchev–Trinajstić information content (AvgIpc) is 3.35. The van der Waals surface area contributed by atoms with E-state index >= 15 is 0 Å². The smallest absolute Gasteiger partial charge is 0.251 e. The van der Waals surface area contributed by atoms with Crippen molar-refractivity contribution in [3.05, 3.63) is 57.2 Å². The van der Waals surface area contributed by atoms with Crippen molar-refractivity contribution in [3.63, 3.8) is 0 Å². The zero-order chi connectivity index (χ0) is 19.1. The van der Waals surface area contributed by atoms with Gasteiger partial charge < -0.3 is 15.0 Å². The van der Waals surface area contributed by atoms with Crippen LogP contribution in [0.1, 0.15) is 34.5 Å². The highest BCUT2D eigenvalue weighted by molar-refractivity contribution is 7.09. The van der Waals surface area contributed by atoms with Crippen LogP contribution in [0.5, 0.6) is 0 Å². The van der Waals surface area contributed by atoms with Gasteiger partial charge >= 0.3 is 0 Å². The van der Waals surface area contributed by atoms with Crippen molar-refractivity contribution in [2.24, 2.45) is 0 Å². The van der Waals surface area contributed by atoms with Crippen LogP contribution in [0.3, 0.4) is 0 Å². The van der Waals surface area contributed by atoms with E-state index in [1.807, 2.05) is 22.4 Å². The highest BCUT2D eigenvalue weighted by atomic mass is 35.5. The topological polar surface area (TPSA) is 58.6 Å². The summed E-state index contributed by atoms with van der Waals surface area (Å²) in [4.78, 5) is 27.9. The molecule has 7 heteroatoms. The first-order valence-corrected chi connectivity index (χ1v) is 10.3. The van der Waals surface area contributed by atoms with Crippen LogP contribution < -0.4 is 5.32 Å². The Balaban J connectivity index is 1.51. The van der Waals surface area contributed by atoms with E-state index in [4.69, 9.17) is 16.3 Å². The second kappa shape index (κ2) is 9.88. The molecule has 0 radical (unpaired) electrons. The zero-order valence-corrected chi connectivity index (χ0v) is 16.6. The first kappa shape index (κ1) is 19.9. The number of rotatable bonds is 8. The van der Waals surface area contributed by atoms with Gasteiger partial charge in [-0.15, -0.1) is 11.3 Å². The minimum atomic E-state index is -0.205. The third kappa shape index (κ3) is 6.06. The highest BCUT2D eigenvalue weighted by Gasteiger charge is 2.23. The van der Waals surface area contributed by atoms with E-state index in [1.165, 1.54) is 0 Å². The van der Waals surface area contributed by atoms with E-state index < -0.39 is 0 Å². The lowest BCUT2D eigenvalue weighted by Gasteiger charge is -2.25.